The van der Waals surface area contributed by atoms with Crippen LogP contribution in [-0.2, 0) is 6.54 Å². The third-order valence-corrected chi connectivity index (χ3v) is 4.24. The van der Waals surface area contributed by atoms with E-state index < -0.39 is 0 Å². The van der Waals surface area contributed by atoms with Crippen molar-refractivity contribution in [3.8, 4) is 0 Å². The summed E-state index contributed by atoms with van der Waals surface area (Å²) >= 11 is 0. The van der Waals surface area contributed by atoms with Crippen molar-refractivity contribution in [2.24, 2.45) is 0 Å². The van der Waals surface area contributed by atoms with Crippen LogP contribution in [0.3, 0.4) is 0 Å². The van der Waals surface area contributed by atoms with Gasteiger partial charge in [0, 0.05) is 18.4 Å². The highest BCUT2D eigenvalue weighted by molar-refractivity contribution is 5.08. The molecule has 0 amide bonds. The highest BCUT2D eigenvalue weighted by Gasteiger charge is 2.26. The maximum absolute atomic E-state index is 4.48. The van der Waals surface area contributed by atoms with Gasteiger partial charge in [-0.1, -0.05) is 26.2 Å². The molecule has 2 aliphatic rings. The van der Waals surface area contributed by atoms with Gasteiger partial charge >= 0.3 is 0 Å². The summed E-state index contributed by atoms with van der Waals surface area (Å²) in [5, 5.41) is 8.91. The maximum atomic E-state index is 4.48. The molecule has 1 saturated carbocycles. The van der Waals surface area contributed by atoms with E-state index in [1.807, 2.05) is 0 Å². The normalized spacial score (nSPS) is 26.7. The topological polar surface area (TPSA) is 30.7 Å². The summed E-state index contributed by atoms with van der Waals surface area (Å²) in [5.74, 6) is 3.84. The van der Waals surface area contributed by atoms with Crippen molar-refractivity contribution in [3.63, 3.8) is 0 Å². The Kier molecular flexibility index (Phi) is 2.70. The van der Waals surface area contributed by atoms with E-state index in [2.05, 4.69) is 21.7 Å². The fraction of sp³-hybridized carbons (Fsp3) is 0.846. The summed E-state index contributed by atoms with van der Waals surface area (Å²) in [6.45, 7) is 3.43. The number of hydrogen-bond donors (Lipinski definition) is 0. The average Bonchev–Trinajstić information content (AvgIpc) is 2.75. The van der Waals surface area contributed by atoms with E-state index >= 15 is 0 Å². The van der Waals surface area contributed by atoms with E-state index in [1.54, 1.807) is 0 Å². The molecule has 1 fully saturated rings. The van der Waals surface area contributed by atoms with Crippen molar-refractivity contribution in [1.82, 2.24) is 14.8 Å². The fourth-order valence-corrected chi connectivity index (χ4v) is 3.27. The van der Waals surface area contributed by atoms with Crippen LogP contribution < -0.4 is 0 Å². The molecule has 0 saturated heterocycles. The number of rotatable bonds is 1. The molecule has 1 aliphatic carbocycles. The van der Waals surface area contributed by atoms with Crippen molar-refractivity contribution >= 4 is 0 Å². The Morgan fingerprint density at radius 2 is 1.69 bits per heavy atom. The predicted octanol–water partition coefficient (Wildman–Crippen LogP) is 3.22. The monoisotopic (exact) mass is 219 g/mol. The van der Waals surface area contributed by atoms with E-state index in [4.69, 9.17) is 0 Å². The van der Waals surface area contributed by atoms with Crippen molar-refractivity contribution in [2.45, 2.75) is 70.3 Å². The first-order valence-electron chi connectivity index (χ1n) is 6.79. The van der Waals surface area contributed by atoms with E-state index in [0.717, 1.165) is 6.54 Å². The third-order valence-electron chi connectivity index (χ3n) is 4.24. The van der Waals surface area contributed by atoms with Gasteiger partial charge in [0.05, 0.1) is 0 Å². The van der Waals surface area contributed by atoms with Crippen molar-refractivity contribution in [1.29, 1.82) is 0 Å². The van der Waals surface area contributed by atoms with Gasteiger partial charge in [0.1, 0.15) is 11.6 Å². The van der Waals surface area contributed by atoms with Gasteiger partial charge in [-0.2, -0.15) is 0 Å². The van der Waals surface area contributed by atoms with Gasteiger partial charge < -0.3 is 4.57 Å². The Morgan fingerprint density at radius 1 is 0.938 bits per heavy atom. The number of nitrogens with zero attached hydrogens (tertiary/aromatic N) is 3. The molecule has 1 aromatic rings. The minimum Gasteiger partial charge on any atom is -0.315 e. The molecule has 1 aliphatic heterocycles. The molecule has 3 heteroatoms. The maximum Gasteiger partial charge on any atom is 0.136 e. The molecule has 1 unspecified atom stereocenters. The van der Waals surface area contributed by atoms with Crippen LogP contribution in [-0.4, -0.2) is 14.8 Å². The van der Waals surface area contributed by atoms with Gasteiger partial charge in [-0.25, -0.2) is 0 Å². The fourth-order valence-electron chi connectivity index (χ4n) is 3.27. The molecular weight excluding hydrogens is 198 g/mol. The standard InChI is InChI=1S/C13H21N3/c1-10-6-5-9-16-12(10)14-15-13(16)11-7-3-2-4-8-11/h10-11H,2-9H2,1H3. The number of fused-ring (bicyclic) bond motifs is 1. The first-order valence-corrected chi connectivity index (χ1v) is 6.79. The molecule has 88 valence electrons. The molecule has 2 heterocycles. The molecule has 0 N–H and O–H groups in total. The lowest BCUT2D eigenvalue weighted by Gasteiger charge is -2.25. The predicted molar refractivity (Wildman–Crippen MR) is 63.5 cm³/mol. The lowest BCUT2D eigenvalue weighted by atomic mass is 9.88. The quantitative estimate of drug-likeness (QED) is 0.726. The van der Waals surface area contributed by atoms with E-state index in [-0.39, 0.29) is 0 Å². The van der Waals surface area contributed by atoms with Crippen LogP contribution in [0.4, 0.5) is 0 Å². The van der Waals surface area contributed by atoms with Crippen LogP contribution in [0.25, 0.3) is 0 Å². The molecule has 0 radical (unpaired) electrons. The minimum absolute atomic E-state index is 0.610. The Labute approximate surface area is 97.3 Å². The van der Waals surface area contributed by atoms with Crippen LogP contribution in [0.1, 0.15) is 75.4 Å². The zero-order valence-corrected chi connectivity index (χ0v) is 10.2. The SMILES string of the molecule is CC1CCCn2c1nnc2C1CCCCC1. The van der Waals surface area contributed by atoms with E-state index in [1.165, 1.54) is 56.6 Å². The molecule has 16 heavy (non-hydrogen) atoms. The zero-order chi connectivity index (χ0) is 11.0. The van der Waals surface area contributed by atoms with Crippen LogP contribution in [0, 0.1) is 0 Å². The van der Waals surface area contributed by atoms with Gasteiger partial charge in [-0.05, 0) is 25.7 Å². The van der Waals surface area contributed by atoms with E-state index in [0.29, 0.717) is 11.8 Å². The number of aromatic nitrogens is 3. The highest BCUT2D eigenvalue weighted by Crippen LogP contribution is 2.34. The molecule has 0 bridgehead atoms. The second-order valence-electron chi connectivity index (χ2n) is 5.45. The van der Waals surface area contributed by atoms with Gasteiger partial charge in [0.2, 0.25) is 0 Å². The van der Waals surface area contributed by atoms with Crippen LogP contribution in [0.2, 0.25) is 0 Å². The van der Waals surface area contributed by atoms with Crippen LogP contribution >= 0.6 is 0 Å². The third kappa shape index (κ3) is 1.66. The lowest BCUT2D eigenvalue weighted by molar-refractivity contribution is 0.393. The van der Waals surface area contributed by atoms with Crippen molar-refractivity contribution in [3.05, 3.63) is 11.6 Å². The van der Waals surface area contributed by atoms with E-state index in [9.17, 15) is 0 Å². The van der Waals surface area contributed by atoms with Crippen molar-refractivity contribution < 1.29 is 0 Å². The lowest BCUT2D eigenvalue weighted by Crippen LogP contribution is -2.18. The Morgan fingerprint density at radius 3 is 2.50 bits per heavy atom. The minimum atomic E-state index is 0.610. The van der Waals surface area contributed by atoms with Crippen molar-refractivity contribution in [2.75, 3.05) is 0 Å². The Bertz CT molecular complexity index is 363. The highest BCUT2D eigenvalue weighted by atomic mass is 15.3. The summed E-state index contributed by atoms with van der Waals surface area (Å²) in [5.41, 5.74) is 0. The molecule has 0 aromatic carbocycles. The molecule has 1 aromatic heterocycles. The van der Waals surface area contributed by atoms with Gasteiger partial charge in [-0.15, -0.1) is 10.2 Å². The molecule has 1 atom stereocenters. The summed E-state index contributed by atoms with van der Waals surface area (Å²) in [7, 11) is 0. The Balaban J connectivity index is 1.89. The summed E-state index contributed by atoms with van der Waals surface area (Å²) in [6.07, 6.45) is 9.40. The molecule has 3 rings (SSSR count). The molecule has 3 nitrogen and oxygen atoms in total. The van der Waals surface area contributed by atoms with Crippen LogP contribution in [0.15, 0.2) is 0 Å². The Hall–Kier alpha value is -0.860. The van der Waals surface area contributed by atoms with Gasteiger partial charge in [0.15, 0.2) is 0 Å². The summed E-state index contributed by atoms with van der Waals surface area (Å²) < 4.78 is 2.42. The second kappa shape index (κ2) is 4.19. The first-order chi connectivity index (χ1) is 7.86. The smallest absolute Gasteiger partial charge is 0.136 e. The number of hydrogen-bond acceptors (Lipinski definition) is 2. The summed E-state index contributed by atoms with van der Waals surface area (Å²) in [6, 6.07) is 0. The average molecular weight is 219 g/mol. The zero-order valence-electron chi connectivity index (χ0n) is 10.2. The first kappa shape index (κ1) is 10.3. The second-order valence-corrected chi connectivity index (χ2v) is 5.45. The van der Waals surface area contributed by atoms with Gasteiger partial charge in [-0.3, -0.25) is 0 Å². The summed E-state index contributed by atoms with van der Waals surface area (Å²) in [4.78, 5) is 0. The van der Waals surface area contributed by atoms with Gasteiger partial charge in [0.25, 0.3) is 0 Å². The largest absolute Gasteiger partial charge is 0.315 e. The van der Waals surface area contributed by atoms with Crippen LogP contribution in [0.5, 0.6) is 0 Å². The molecule has 0 spiro atoms. The molecular formula is C13H21N3.